The summed E-state index contributed by atoms with van der Waals surface area (Å²) in [5.74, 6) is -1.94. The van der Waals surface area contributed by atoms with E-state index in [4.69, 9.17) is 5.11 Å². The Kier molecular flexibility index (Phi) is 4.33. The first-order valence-electron chi connectivity index (χ1n) is 5.06. The molecule has 0 saturated carbocycles. The molecule has 1 aliphatic rings. The zero-order valence-corrected chi connectivity index (χ0v) is 9.03. The molecule has 0 aromatic carbocycles. The molecule has 98 valence electrons. The fourth-order valence-corrected chi connectivity index (χ4v) is 1.63. The van der Waals surface area contributed by atoms with Crippen LogP contribution < -0.4 is 0 Å². The quantitative estimate of drug-likeness (QED) is 0.779. The molecule has 0 unspecified atom stereocenters. The van der Waals surface area contributed by atoms with Gasteiger partial charge in [-0.2, -0.15) is 13.2 Å². The first-order chi connectivity index (χ1) is 7.78. The van der Waals surface area contributed by atoms with Crippen molar-refractivity contribution >= 4 is 11.9 Å². The van der Waals surface area contributed by atoms with Gasteiger partial charge in [0.1, 0.15) is 6.42 Å². The first kappa shape index (κ1) is 13.8. The summed E-state index contributed by atoms with van der Waals surface area (Å²) in [6, 6.07) is 0. The number of carbonyl (C=O) groups is 2. The van der Waals surface area contributed by atoms with E-state index in [0.717, 1.165) is 4.90 Å². The minimum Gasteiger partial charge on any atom is -0.480 e. The SMILES string of the molecule is O=C(O)CN1CCN(C(=O)CC(F)(F)F)CC1. The monoisotopic (exact) mass is 254 g/mol. The molecule has 17 heavy (non-hydrogen) atoms. The Labute approximate surface area is 95.8 Å². The summed E-state index contributed by atoms with van der Waals surface area (Å²) < 4.78 is 35.9. The smallest absolute Gasteiger partial charge is 0.397 e. The number of hydrogen-bond donors (Lipinski definition) is 1. The van der Waals surface area contributed by atoms with Gasteiger partial charge in [-0.1, -0.05) is 0 Å². The summed E-state index contributed by atoms with van der Waals surface area (Å²) >= 11 is 0. The highest BCUT2D eigenvalue weighted by molar-refractivity contribution is 5.77. The maximum atomic E-state index is 12.0. The Balaban J connectivity index is 2.36. The summed E-state index contributed by atoms with van der Waals surface area (Å²) in [4.78, 5) is 24.3. The van der Waals surface area contributed by atoms with Crippen molar-refractivity contribution in [3.05, 3.63) is 0 Å². The standard InChI is InChI=1S/C9H13F3N2O3/c10-9(11,12)5-7(15)14-3-1-13(2-4-14)6-8(16)17/h1-6H2,(H,16,17). The van der Waals surface area contributed by atoms with Crippen molar-refractivity contribution in [2.75, 3.05) is 32.7 Å². The van der Waals surface area contributed by atoms with Crippen molar-refractivity contribution in [2.45, 2.75) is 12.6 Å². The number of hydrogen-bond acceptors (Lipinski definition) is 3. The molecule has 1 aliphatic heterocycles. The van der Waals surface area contributed by atoms with Crippen molar-refractivity contribution in [2.24, 2.45) is 0 Å². The molecule has 1 fully saturated rings. The predicted molar refractivity (Wildman–Crippen MR) is 51.3 cm³/mol. The van der Waals surface area contributed by atoms with Gasteiger partial charge in [0, 0.05) is 26.2 Å². The van der Waals surface area contributed by atoms with Gasteiger partial charge in [0.15, 0.2) is 0 Å². The topological polar surface area (TPSA) is 60.9 Å². The molecule has 1 N–H and O–H groups in total. The Morgan fingerprint density at radius 3 is 2.06 bits per heavy atom. The Bertz CT molecular complexity index is 298. The van der Waals surface area contributed by atoms with Crippen LogP contribution in [0.1, 0.15) is 6.42 Å². The van der Waals surface area contributed by atoms with Gasteiger partial charge in [-0.3, -0.25) is 14.5 Å². The largest absolute Gasteiger partial charge is 0.480 e. The average Bonchev–Trinajstić information content (AvgIpc) is 2.15. The molecule has 0 radical (unpaired) electrons. The van der Waals surface area contributed by atoms with Gasteiger partial charge in [0.25, 0.3) is 0 Å². The second-order valence-corrected chi connectivity index (χ2v) is 3.84. The molecule has 0 aromatic heterocycles. The number of rotatable bonds is 3. The molecule has 0 aromatic rings. The van der Waals surface area contributed by atoms with E-state index in [0.29, 0.717) is 0 Å². The third-order valence-corrected chi connectivity index (χ3v) is 2.44. The maximum Gasteiger partial charge on any atom is 0.397 e. The first-order valence-corrected chi connectivity index (χ1v) is 5.06. The van der Waals surface area contributed by atoms with Gasteiger partial charge in [0.2, 0.25) is 5.91 Å². The average molecular weight is 254 g/mol. The van der Waals surface area contributed by atoms with Crippen molar-refractivity contribution in [3.63, 3.8) is 0 Å². The van der Waals surface area contributed by atoms with Crippen LogP contribution in [0.5, 0.6) is 0 Å². The molecule has 1 saturated heterocycles. The molecule has 1 rings (SSSR count). The maximum absolute atomic E-state index is 12.0. The summed E-state index contributed by atoms with van der Waals surface area (Å²) in [6.45, 7) is 0.706. The van der Waals surface area contributed by atoms with Gasteiger partial charge in [0.05, 0.1) is 6.54 Å². The van der Waals surface area contributed by atoms with Crippen molar-refractivity contribution < 1.29 is 27.9 Å². The highest BCUT2D eigenvalue weighted by Crippen LogP contribution is 2.21. The number of amides is 1. The molecule has 0 atom stereocenters. The van der Waals surface area contributed by atoms with Gasteiger partial charge in [-0.05, 0) is 0 Å². The Morgan fingerprint density at radius 2 is 1.65 bits per heavy atom. The lowest BCUT2D eigenvalue weighted by molar-refractivity contribution is -0.162. The van der Waals surface area contributed by atoms with Crippen molar-refractivity contribution in [1.82, 2.24) is 9.80 Å². The van der Waals surface area contributed by atoms with Gasteiger partial charge in [-0.25, -0.2) is 0 Å². The summed E-state index contributed by atoms with van der Waals surface area (Å²) in [5, 5.41) is 8.52. The van der Waals surface area contributed by atoms with Gasteiger partial charge < -0.3 is 10.0 Å². The van der Waals surface area contributed by atoms with Crippen LogP contribution in [0.2, 0.25) is 0 Å². The molecule has 8 heteroatoms. The van der Waals surface area contributed by atoms with Crippen molar-refractivity contribution in [3.8, 4) is 0 Å². The van der Waals surface area contributed by atoms with E-state index >= 15 is 0 Å². The number of nitrogens with zero attached hydrogens (tertiary/aromatic N) is 2. The molecule has 0 spiro atoms. The van der Waals surface area contributed by atoms with E-state index in [1.54, 1.807) is 4.90 Å². The Hall–Kier alpha value is -1.31. The van der Waals surface area contributed by atoms with E-state index in [-0.39, 0.29) is 32.7 Å². The van der Waals surface area contributed by atoms with Gasteiger partial charge >= 0.3 is 12.1 Å². The van der Waals surface area contributed by atoms with E-state index in [9.17, 15) is 22.8 Å². The zero-order chi connectivity index (χ0) is 13.1. The second-order valence-electron chi connectivity index (χ2n) is 3.84. The predicted octanol–water partition coefficient (Wildman–Crippen LogP) is 0.168. The normalized spacial score (nSPS) is 18.2. The van der Waals surface area contributed by atoms with Crippen LogP contribution in [0.15, 0.2) is 0 Å². The minimum absolute atomic E-state index is 0.141. The number of carboxylic acids is 1. The van der Waals surface area contributed by atoms with Crippen LogP contribution in [0.3, 0.4) is 0 Å². The van der Waals surface area contributed by atoms with E-state index in [2.05, 4.69) is 0 Å². The second kappa shape index (κ2) is 5.35. The number of carbonyl (C=O) groups excluding carboxylic acids is 1. The van der Waals surface area contributed by atoms with Crippen LogP contribution in [0.25, 0.3) is 0 Å². The number of aliphatic carboxylic acids is 1. The molecule has 0 bridgehead atoms. The highest BCUT2D eigenvalue weighted by atomic mass is 19.4. The molecule has 5 nitrogen and oxygen atoms in total. The van der Waals surface area contributed by atoms with E-state index in [1.165, 1.54) is 0 Å². The Morgan fingerprint density at radius 1 is 1.12 bits per heavy atom. The summed E-state index contributed by atoms with van der Waals surface area (Å²) in [5.41, 5.74) is 0. The number of alkyl halides is 3. The lowest BCUT2D eigenvalue weighted by Gasteiger charge is -2.33. The lowest BCUT2D eigenvalue weighted by atomic mass is 10.2. The van der Waals surface area contributed by atoms with E-state index in [1.807, 2.05) is 0 Å². The van der Waals surface area contributed by atoms with Crippen LogP contribution >= 0.6 is 0 Å². The molecule has 0 aliphatic carbocycles. The molecule has 1 heterocycles. The van der Waals surface area contributed by atoms with Crippen LogP contribution in [-0.4, -0.2) is 65.7 Å². The summed E-state index contributed by atoms with van der Waals surface area (Å²) in [6.07, 6.45) is -5.94. The zero-order valence-electron chi connectivity index (χ0n) is 9.03. The number of piperazine rings is 1. The number of carboxylic acid groups (broad SMARTS) is 1. The molecule has 1 amide bonds. The van der Waals surface area contributed by atoms with Crippen LogP contribution in [0, 0.1) is 0 Å². The third-order valence-electron chi connectivity index (χ3n) is 2.44. The van der Waals surface area contributed by atoms with Crippen molar-refractivity contribution in [1.29, 1.82) is 0 Å². The number of halogens is 3. The van der Waals surface area contributed by atoms with E-state index < -0.39 is 24.5 Å². The van der Waals surface area contributed by atoms with Gasteiger partial charge in [-0.15, -0.1) is 0 Å². The van der Waals surface area contributed by atoms with Crippen LogP contribution in [0.4, 0.5) is 13.2 Å². The third kappa shape index (κ3) is 5.03. The molecular weight excluding hydrogens is 241 g/mol. The fourth-order valence-electron chi connectivity index (χ4n) is 1.63. The lowest BCUT2D eigenvalue weighted by Crippen LogP contribution is -2.50. The van der Waals surface area contributed by atoms with Crippen LogP contribution in [-0.2, 0) is 9.59 Å². The molecular formula is C9H13F3N2O3. The minimum atomic E-state index is -4.49. The summed E-state index contributed by atoms with van der Waals surface area (Å²) in [7, 11) is 0. The fraction of sp³-hybridized carbons (Fsp3) is 0.778. The highest BCUT2D eigenvalue weighted by Gasteiger charge is 2.34.